The zero-order valence-corrected chi connectivity index (χ0v) is 12.3. The minimum absolute atomic E-state index is 0.0532. The molecule has 0 bridgehead atoms. The molecule has 0 aromatic heterocycles. The molecular weight excluding hydrogens is 280 g/mol. The van der Waals surface area contributed by atoms with Crippen molar-refractivity contribution in [3.05, 3.63) is 28.8 Å². The van der Waals surface area contributed by atoms with Crippen LogP contribution in [0.25, 0.3) is 0 Å². The fourth-order valence-corrected chi connectivity index (χ4v) is 2.74. The Morgan fingerprint density at radius 3 is 2.80 bits per heavy atom. The average Bonchev–Trinajstić information content (AvgIpc) is 2.68. The first kappa shape index (κ1) is 15.1. The number of rotatable bonds is 3. The van der Waals surface area contributed by atoms with Crippen LogP contribution in [-0.4, -0.2) is 65.3 Å². The number of nitrogens with zero attached hydrogens (tertiary/aromatic N) is 2. The quantitative estimate of drug-likeness (QED) is 0.880. The molecule has 1 aromatic carbocycles. The topological polar surface area (TPSA) is 64.0 Å². The lowest BCUT2D eigenvalue weighted by Gasteiger charge is -2.27. The van der Waals surface area contributed by atoms with Crippen LogP contribution < -0.4 is 0 Å². The van der Waals surface area contributed by atoms with Gasteiger partial charge in [0.2, 0.25) is 0 Å². The van der Waals surface area contributed by atoms with Crippen molar-refractivity contribution in [3.63, 3.8) is 0 Å². The monoisotopic (exact) mass is 298 g/mol. The van der Waals surface area contributed by atoms with Gasteiger partial charge < -0.3 is 20.0 Å². The number of amides is 1. The number of carbonyl (C=O) groups excluding carboxylic acids is 1. The van der Waals surface area contributed by atoms with E-state index in [-0.39, 0.29) is 23.3 Å². The summed E-state index contributed by atoms with van der Waals surface area (Å²) in [4.78, 5) is 16.1. The van der Waals surface area contributed by atoms with Crippen LogP contribution in [0.4, 0.5) is 0 Å². The molecule has 2 rings (SSSR count). The van der Waals surface area contributed by atoms with Crippen molar-refractivity contribution in [2.75, 3.05) is 27.2 Å². The normalized spacial score (nSPS) is 22.6. The first-order valence-electron chi connectivity index (χ1n) is 6.50. The van der Waals surface area contributed by atoms with Crippen molar-refractivity contribution in [2.24, 2.45) is 0 Å². The van der Waals surface area contributed by atoms with Crippen molar-refractivity contribution in [3.8, 4) is 5.75 Å². The number of aliphatic hydroxyl groups is 1. The number of likely N-dealkylation sites (N-methyl/N-ethyl adjacent to an activating group) is 1. The maximum atomic E-state index is 12.5. The van der Waals surface area contributed by atoms with Gasteiger partial charge in [0, 0.05) is 24.2 Å². The third kappa shape index (κ3) is 3.23. The fourth-order valence-electron chi connectivity index (χ4n) is 2.58. The zero-order valence-electron chi connectivity index (χ0n) is 11.6. The molecule has 0 spiro atoms. The van der Waals surface area contributed by atoms with E-state index < -0.39 is 6.10 Å². The second kappa shape index (κ2) is 5.99. The first-order valence-corrected chi connectivity index (χ1v) is 6.88. The molecule has 1 aliphatic rings. The number of benzene rings is 1. The molecule has 20 heavy (non-hydrogen) atoms. The second-order valence-corrected chi connectivity index (χ2v) is 5.86. The van der Waals surface area contributed by atoms with Crippen LogP contribution in [0, 0.1) is 0 Å². The Kier molecular flexibility index (Phi) is 4.52. The van der Waals surface area contributed by atoms with Gasteiger partial charge in [-0.3, -0.25) is 4.79 Å². The van der Waals surface area contributed by atoms with E-state index in [1.807, 2.05) is 19.0 Å². The SMILES string of the molecule is CN(C)CC1CC(O)CN1C(=O)c1ccc(Cl)cc1O. The summed E-state index contributed by atoms with van der Waals surface area (Å²) in [5.74, 6) is -0.407. The first-order chi connectivity index (χ1) is 9.38. The van der Waals surface area contributed by atoms with Gasteiger partial charge in [0.1, 0.15) is 5.75 Å². The summed E-state index contributed by atoms with van der Waals surface area (Å²) in [6.45, 7) is 0.969. The molecular formula is C14H19ClN2O3. The van der Waals surface area contributed by atoms with E-state index in [9.17, 15) is 15.0 Å². The maximum absolute atomic E-state index is 12.5. The van der Waals surface area contributed by atoms with Gasteiger partial charge in [0.15, 0.2) is 0 Å². The number of likely N-dealkylation sites (tertiary alicyclic amines) is 1. The average molecular weight is 299 g/mol. The number of β-amino-alcohol motifs (C(OH)–C–C–N with tert-alkyl or cyclic N) is 1. The Labute approximate surface area is 123 Å². The van der Waals surface area contributed by atoms with Crippen LogP contribution >= 0.6 is 11.6 Å². The number of hydrogen-bond donors (Lipinski definition) is 2. The van der Waals surface area contributed by atoms with E-state index in [2.05, 4.69) is 0 Å². The van der Waals surface area contributed by atoms with Gasteiger partial charge in [-0.05, 0) is 38.7 Å². The van der Waals surface area contributed by atoms with Gasteiger partial charge in [-0.1, -0.05) is 11.6 Å². The van der Waals surface area contributed by atoms with Crippen molar-refractivity contribution in [1.82, 2.24) is 9.80 Å². The Hall–Kier alpha value is -1.30. The summed E-state index contributed by atoms with van der Waals surface area (Å²) in [6.07, 6.45) is 0.0384. The highest BCUT2D eigenvalue weighted by Crippen LogP contribution is 2.27. The van der Waals surface area contributed by atoms with Crippen LogP contribution in [-0.2, 0) is 0 Å². The number of halogens is 1. The van der Waals surface area contributed by atoms with Crippen LogP contribution in [0.5, 0.6) is 5.75 Å². The third-order valence-electron chi connectivity index (χ3n) is 3.42. The maximum Gasteiger partial charge on any atom is 0.257 e. The van der Waals surface area contributed by atoms with Crippen molar-refractivity contribution in [1.29, 1.82) is 0 Å². The van der Waals surface area contributed by atoms with E-state index in [0.29, 0.717) is 24.5 Å². The Balaban J connectivity index is 2.22. The predicted molar refractivity (Wildman–Crippen MR) is 77.1 cm³/mol. The second-order valence-electron chi connectivity index (χ2n) is 5.42. The van der Waals surface area contributed by atoms with Gasteiger partial charge >= 0.3 is 0 Å². The highest BCUT2D eigenvalue weighted by atomic mass is 35.5. The largest absolute Gasteiger partial charge is 0.507 e. The summed E-state index contributed by atoms with van der Waals surface area (Å²) < 4.78 is 0. The molecule has 0 saturated carbocycles. The zero-order chi connectivity index (χ0) is 14.9. The van der Waals surface area contributed by atoms with Crippen molar-refractivity contribution < 1.29 is 15.0 Å². The lowest BCUT2D eigenvalue weighted by molar-refractivity contribution is 0.0696. The van der Waals surface area contributed by atoms with E-state index in [1.54, 1.807) is 11.0 Å². The molecule has 1 aliphatic heterocycles. The number of phenols is 1. The molecule has 1 fully saturated rings. The summed E-state index contributed by atoms with van der Waals surface area (Å²) in [5, 5.41) is 20.0. The number of hydrogen-bond acceptors (Lipinski definition) is 4. The molecule has 2 atom stereocenters. The molecule has 5 nitrogen and oxygen atoms in total. The predicted octanol–water partition coefficient (Wildman–Crippen LogP) is 1.18. The van der Waals surface area contributed by atoms with E-state index in [0.717, 1.165) is 0 Å². The van der Waals surface area contributed by atoms with E-state index >= 15 is 0 Å². The standard InChI is InChI=1S/C14H19ClN2O3/c1-16(2)7-10-6-11(18)8-17(10)14(20)12-4-3-9(15)5-13(12)19/h3-5,10-11,18-19H,6-8H2,1-2H3. The van der Waals surface area contributed by atoms with Crippen LogP contribution in [0.2, 0.25) is 5.02 Å². The molecule has 110 valence electrons. The highest BCUT2D eigenvalue weighted by molar-refractivity contribution is 6.30. The molecule has 0 aliphatic carbocycles. The van der Waals surface area contributed by atoms with Crippen molar-refractivity contribution in [2.45, 2.75) is 18.6 Å². The molecule has 2 unspecified atom stereocenters. The molecule has 1 saturated heterocycles. The number of aromatic hydroxyl groups is 1. The highest BCUT2D eigenvalue weighted by Gasteiger charge is 2.35. The smallest absolute Gasteiger partial charge is 0.257 e. The van der Waals surface area contributed by atoms with Crippen LogP contribution in [0.1, 0.15) is 16.8 Å². The molecule has 2 N–H and O–H groups in total. The third-order valence-corrected chi connectivity index (χ3v) is 3.65. The fraction of sp³-hybridized carbons (Fsp3) is 0.500. The Morgan fingerprint density at radius 1 is 1.50 bits per heavy atom. The van der Waals surface area contributed by atoms with E-state index in [1.165, 1.54) is 12.1 Å². The summed E-state index contributed by atoms with van der Waals surface area (Å²) in [7, 11) is 3.85. The van der Waals surface area contributed by atoms with Gasteiger partial charge in [-0.15, -0.1) is 0 Å². The molecule has 1 heterocycles. The Morgan fingerprint density at radius 2 is 2.20 bits per heavy atom. The van der Waals surface area contributed by atoms with Crippen LogP contribution in [0.15, 0.2) is 18.2 Å². The van der Waals surface area contributed by atoms with Crippen LogP contribution in [0.3, 0.4) is 0 Å². The lowest BCUT2D eigenvalue weighted by atomic mass is 10.1. The van der Waals surface area contributed by atoms with Gasteiger partial charge in [-0.25, -0.2) is 0 Å². The van der Waals surface area contributed by atoms with Crippen molar-refractivity contribution >= 4 is 17.5 Å². The number of phenolic OH excluding ortho intramolecular Hbond substituents is 1. The molecule has 1 amide bonds. The molecule has 1 aromatic rings. The Bertz CT molecular complexity index is 507. The summed E-state index contributed by atoms with van der Waals surface area (Å²) >= 11 is 5.77. The summed E-state index contributed by atoms with van der Waals surface area (Å²) in [6, 6.07) is 4.38. The minimum atomic E-state index is -0.515. The van der Waals surface area contributed by atoms with Gasteiger partial charge in [-0.2, -0.15) is 0 Å². The molecule has 6 heteroatoms. The number of aliphatic hydroxyl groups excluding tert-OH is 1. The summed E-state index contributed by atoms with van der Waals surface area (Å²) in [5.41, 5.74) is 0.215. The van der Waals surface area contributed by atoms with Gasteiger partial charge in [0.25, 0.3) is 5.91 Å². The number of carbonyl (C=O) groups is 1. The van der Waals surface area contributed by atoms with E-state index in [4.69, 9.17) is 11.6 Å². The lowest BCUT2D eigenvalue weighted by Crippen LogP contribution is -2.41. The minimum Gasteiger partial charge on any atom is -0.507 e. The molecule has 0 radical (unpaired) electrons. The van der Waals surface area contributed by atoms with Gasteiger partial charge in [0.05, 0.1) is 11.7 Å².